The maximum Gasteiger partial charge on any atom is 0.276 e. The number of hydrogen-bond acceptors (Lipinski definition) is 5. The van der Waals surface area contributed by atoms with E-state index in [9.17, 15) is 18.4 Å². The molecule has 0 saturated heterocycles. The number of para-hydroxylation sites is 1. The van der Waals surface area contributed by atoms with Crippen molar-refractivity contribution in [3.8, 4) is 5.75 Å². The molecule has 0 unspecified atom stereocenters. The van der Waals surface area contributed by atoms with Crippen molar-refractivity contribution in [1.82, 2.24) is 9.78 Å². The molecule has 1 heterocycles. The molecule has 9 heteroatoms. The average Bonchev–Trinajstić information content (AvgIpc) is 2.69. The fourth-order valence-electron chi connectivity index (χ4n) is 2.76. The van der Waals surface area contributed by atoms with Gasteiger partial charge < -0.3 is 15.0 Å². The van der Waals surface area contributed by atoms with Gasteiger partial charge in [-0.05, 0) is 30.3 Å². The highest BCUT2D eigenvalue weighted by Gasteiger charge is 2.16. The molecule has 0 aliphatic carbocycles. The molecule has 7 nitrogen and oxygen atoms in total. The Labute approximate surface area is 171 Å². The molecule has 1 aromatic heterocycles. The van der Waals surface area contributed by atoms with Crippen molar-refractivity contribution in [2.45, 2.75) is 6.54 Å². The van der Waals surface area contributed by atoms with Gasteiger partial charge in [-0.3, -0.25) is 9.59 Å². The van der Waals surface area contributed by atoms with Crippen LogP contribution in [-0.2, 0) is 6.54 Å². The van der Waals surface area contributed by atoms with Crippen molar-refractivity contribution in [3.05, 3.63) is 82.3 Å². The molecule has 2 aromatic carbocycles. The lowest BCUT2D eigenvalue weighted by atomic mass is 10.2. The maximum atomic E-state index is 14.1. The zero-order chi connectivity index (χ0) is 21.7. The molecule has 0 spiro atoms. The normalized spacial score (nSPS) is 10.5. The van der Waals surface area contributed by atoms with E-state index >= 15 is 0 Å². The van der Waals surface area contributed by atoms with Crippen molar-refractivity contribution in [1.29, 1.82) is 0 Å². The number of carbonyl (C=O) groups is 1. The summed E-state index contributed by atoms with van der Waals surface area (Å²) in [5.41, 5.74) is -0.756. The molecule has 0 radical (unpaired) electrons. The third-order valence-corrected chi connectivity index (χ3v) is 4.14. The van der Waals surface area contributed by atoms with Gasteiger partial charge in [0, 0.05) is 25.8 Å². The summed E-state index contributed by atoms with van der Waals surface area (Å²) in [5, 5.41) is 6.39. The number of benzene rings is 2. The van der Waals surface area contributed by atoms with Crippen LogP contribution in [0.25, 0.3) is 0 Å². The maximum absolute atomic E-state index is 14.1. The molecule has 0 aliphatic heterocycles. The summed E-state index contributed by atoms with van der Waals surface area (Å²) < 4.78 is 34.8. The Morgan fingerprint density at radius 1 is 1.10 bits per heavy atom. The first-order chi connectivity index (χ1) is 14.3. The van der Waals surface area contributed by atoms with E-state index in [1.165, 1.54) is 31.1 Å². The number of hydrogen-bond donors (Lipinski definition) is 1. The molecule has 0 saturated carbocycles. The molecule has 0 aliphatic rings. The number of carbonyl (C=O) groups excluding carboxylic acids is 1. The van der Waals surface area contributed by atoms with E-state index in [1.807, 2.05) is 18.2 Å². The Morgan fingerprint density at radius 3 is 2.40 bits per heavy atom. The van der Waals surface area contributed by atoms with Gasteiger partial charge in [-0.25, -0.2) is 13.5 Å². The molecule has 1 amide bonds. The van der Waals surface area contributed by atoms with Crippen LogP contribution in [0.3, 0.4) is 0 Å². The first-order valence-corrected chi connectivity index (χ1v) is 9.09. The molecule has 30 heavy (non-hydrogen) atoms. The summed E-state index contributed by atoms with van der Waals surface area (Å²) in [6.07, 6.45) is 0. The summed E-state index contributed by atoms with van der Waals surface area (Å²) >= 11 is 0. The highest BCUT2D eigenvalue weighted by molar-refractivity contribution is 6.02. The van der Waals surface area contributed by atoms with E-state index in [0.717, 1.165) is 16.8 Å². The van der Waals surface area contributed by atoms with E-state index in [0.29, 0.717) is 5.75 Å². The lowest BCUT2D eigenvalue weighted by Crippen LogP contribution is -2.28. The number of aromatic nitrogens is 2. The van der Waals surface area contributed by atoms with Crippen molar-refractivity contribution in [2.75, 3.05) is 30.9 Å². The third-order valence-electron chi connectivity index (χ3n) is 4.14. The second kappa shape index (κ2) is 9.17. The molecular weight excluding hydrogens is 394 g/mol. The Hall–Kier alpha value is -3.75. The number of amides is 1. The van der Waals surface area contributed by atoms with Crippen molar-refractivity contribution < 1.29 is 18.3 Å². The summed E-state index contributed by atoms with van der Waals surface area (Å²) in [7, 11) is 3.02. The molecule has 0 bridgehead atoms. The van der Waals surface area contributed by atoms with Crippen LogP contribution in [0, 0.1) is 11.6 Å². The smallest absolute Gasteiger partial charge is 0.276 e. The Bertz CT molecular complexity index is 1080. The molecule has 0 fully saturated rings. The highest BCUT2D eigenvalue weighted by atomic mass is 19.1. The number of rotatable bonds is 7. The van der Waals surface area contributed by atoms with Crippen LogP contribution in [0.1, 0.15) is 10.5 Å². The first kappa shape index (κ1) is 21.0. The minimum Gasteiger partial charge on any atom is -0.492 e. The second-order valence-electron chi connectivity index (χ2n) is 6.58. The Morgan fingerprint density at radius 2 is 1.77 bits per heavy atom. The van der Waals surface area contributed by atoms with Crippen LogP contribution in [0.15, 0.2) is 59.4 Å². The predicted octanol–water partition coefficient (Wildman–Crippen LogP) is 2.92. The summed E-state index contributed by atoms with van der Waals surface area (Å²) in [5.74, 6) is -1.69. The monoisotopic (exact) mass is 414 g/mol. The van der Waals surface area contributed by atoms with E-state index < -0.39 is 23.1 Å². The van der Waals surface area contributed by atoms with Crippen LogP contribution in [-0.4, -0.2) is 36.4 Å². The second-order valence-corrected chi connectivity index (χ2v) is 6.58. The van der Waals surface area contributed by atoms with E-state index in [-0.39, 0.29) is 30.2 Å². The number of nitrogens with one attached hydrogen (secondary N) is 1. The highest BCUT2D eigenvalue weighted by Crippen LogP contribution is 2.25. The Kier molecular flexibility index (Phi) is 6.41. The SMILES string of the molecule is CN(C)c1c(F)cc(NC(=O)c2ccc(=O)n(CCOc3ccccc3)n2)cc1F. The van der Waals surface area contributed by atoms with Gasteiger partial charge in [0.05, 0.1) is 6.54 Å². The number of nitrogens with zero attached hydrogens (tertiary/aromatic N) is 3. The Balaban J connectivity index is 1.71. The van der Waals surface area contributed by atoms with E-state index in [1.54, 1.807) is 12.1 Å². The third kappa shape index (κ3) is 4.99. The topological polar surface area (TPSA) is 76.5 Å². The number of halogens is 2. The zero-order valence-electron chi connectivity index (χ0n) is 16.4. The van der Waals surface area contributed by atoms with Gasteiger partial charge in [0.2, 0.25) is 0 Å². The van der Waals surface area contributed by atoms with E-state index in [2.05, 4.69) is 10.4 Å². The fourth-order valence-corrected chi connectivity index (χ4v) is 2.76. The number of anilines is 2. The first-order valence-electron chi connectivity index (χ1n) is 9.09. The quantitative estimate of drug-likeness (QED) is 0.643. The lowest BCUT2D eigenvalue weighted by molar-refractivity contribution is 0.101. The van der Waals surface area contributed by atoms with Gasteiger partial charge >= 0.3 is 0 Å². The summed E-state index contributed by atoms with van der Waals surface area (Å²) in [6.45, 7) is 0.292. The molecule has 3 aromatic rings. The minimum atomic E-state index is -0.814. The van der Waals surface area contributed by atoms with Crippen molar-refractivity contribution >= 4 is 17.3 Å². The molecule has 156 valence electrons. The van der Waals surface area contributed by atoms with Crippen LogP contribution in [0.2, 0.25) is 0 Å². The lowest BCUT2D eigenvalue weighted by Gasteiger charge is -2.16. The van der Waals surface area contributed by atoms with Gasteiger partial charge in [-0.15, -0.1) is 0 Å². The van der Waals surface area contributed by atoms with Gasteiger partial charge in [0.15, 0.2) is 11.6 Å². The zero-order valence-corrected chi connectivity index (χ0v) is 16.4. The van der Waals surface area contributed by atoms with Gasteiger partial charge in [0.25, 0.3) is 11.5 Å². The van der Waals surface area contributed by atoms with Crippen LogP contribution in [0.4, 0.5) is 20.2 Å². The minimum absolute atomic E-state index is 0.0624. The largest absolute Gasteiger partial charge is 0.492 e. The summed E-state index contributed by atoms with van der Waals surface area (Å²) in [6, 6.07) is 13.5. The van der Waals surface area contributed by atoms with Crippen LogP contribution in [0.5, 0.6) is 5.75 Å². The van der Waals surface area contributed by atoms with Gasteiger partial charge in [-0.1, -0.05) is 18.2 Å². The number of ether oxygens (including phenoxy) is 1. The van der Waals surface area contributed by atoms with E-state index in [4.69, 9.17) is 4.74 Å². The molecule has 0 atom stereocenters. The predicted molar refractivity (Wildman–Crippen MR) is 109 cm³/mol. The van der Waals surface area contributed by atoms with Gasteiger partial charge in [-0.2, -0.15) is 5.10 Å². The molecule has 3 rings (SSSR count). The molecular formula is C21H20F2N4O3. The van der Waals surface area contributed by atoms with Gasteiger partial charge in [0.1, 0.15) is 23.7 Å². The standard InChI is InChI=1S/C21H20F2N4O3/c1-26(2)20-16(22)12-14(13-17(20)23)24-21(29)18-8-9-19(28)27(25-18)10-11-30-15-6-4-3-5-7-15/h3-9,12-13H,10-11H2,1-2H3,(H,24,29). The fraction of sp³-hybridized carbons (Fsp3) is 0.190. The summed E-state index contributed by atoms with van der Waals surface area (Å²) in [4.78, 5) is 25.7. The van der Waals surface area contributed by atoms with Crippen LogP contribution >= 0.6 is 0 Å². The van der Waals surface area contributed by atoms with Crippen molar-refractivity contribution in [3.63, 3.8) is 0 Å². The molecule has 1 N–H and O–H groups in total. The van der Waals surface area contributed by atoms with Crippen LogP contribution < -0.4 is 20.5 Å². The van der Waals surface area contributed by atoms with Crippen molar-refractivity contribution in [2.24, 2.45) is 0 Å². The average molecular weight is 414 g/mol.